The molecule has 0 aromatic heterocycles. The van der Waals surface area contributed by atoms with Gasteiger partial charge in [-0.25, -0.2) is 4.79 Å². The predicted molar refractivity (Wildman–Crippen MR) is 132 cm³/mol. The second kappa shape index (κ2) is 11.7. The second-order valence-electron chi connectivity index (χ2n) is 11.2. The number of hydrogen-bond acceptors (Lipinski definition) is 9. The highest BCUT2D eigenvalue weighted by Gasteiger charge is 2.38. The lowest BCUT2D eigenvalue weighted by Gasteiger charge is -2.28. The first-order valence-electron chi connectivity index (χ1n) is 11.7. The first-order chi connectivity index (χ1) is 16.2. The number of carbonyl (C=O) groups excluding carboxylic acids is 3. The highest BCUT2D eigenvalue weighted by atomic mass is 16.7. The van der Waals surface area contributed by atoms with Gasteiger partial charge in [-0.15, -0.1) is 0 Å². The number of carboxylic acids is 1. The summed E-state index contributed by atoms with van der Waals surface area (Å²) in [5.74, 6) is -2.45. The molecule has 0 bridgehead atoms. The Labute approximate surface area is 212 Å². The summed E-state index contributed by atoms with van der Waals surface area (Å²) in [5.41, 5.74) is 3.14. The summed E-state index contributed by atoms with van der Waals surface area (Å²) in [6.45, 7) is 14.9. The van der Waals surface area contributed by atoms with Crippen LogP contribution in [-0.2, 0) is 30.3 Å². The van der Waals surface area contributed by atoms with Gasteiger partial charge in [0.05, 0.1) is 16.9 Å². The van der Waals surface area contributed by atoms with Gasteiger partial charge in [-0.3, -0.25) is 14.4 Å². The zero-order chi connectivity index (χ0) is 28.1. The normalized spacial score (nSPS) is 14.4. The SMILES string of the molecule is CC(C)OC(=O)O[C@@H](C)CC(N)(Cc1ccc(OC(=O)C(C)(C)C)c(OC(=O)C(C)(C)C)c1)C(=O)O. The molecule has 0 spiro atoms. The first-order valence-corrected chi connectivity index (χ1v) is 11.7. The summed E-state index contributed by atoms with van der Waals surface area (Å²) in [6, 6.07) is 4.37. The number of nitrogens with two attached hydrogens (primary N) is 1. The molecule has 202 valence electrons. The Hall–Kier alpha value is -3.14. The summed E-state index contributed by atoms with van der Waals surface area (Å²) in [4.78, 5) is 48.9. The molecule has 0 fully saturated rings. The Balaban J connectivity index is 3.27. The zero-order valence-electron chi connectivity index (χ0n) is 22.6. The van der Waals surface area contributed by atoms with Gasteiger partial charge in [0.1, 0.15) is 11.6 Å². The molecule has 10 nitrogen and oxygen atoms in total. The van der Waals surface area contributed by atoms with E-state index in [2.05, 4.69) is 0 Å². The topological polar surface area (TPSA) is 151 Å². The van der Waals surface area contributed by atoms with Crippen molar-refractivity contribution in [2.75, 3.05) is 0 Å². The Morgan fingerprint density at radius 1 is 0.861 bits per heavy atom. The third-order valence-corrected chi connectivity index (χ3v) is 4.86. The fourth-order valence-electron chi connectivity index (χ4n) is 2.87. The Morgan fingerprint density at radius 3 is 1.81 bits per heavy atom. The zero-order valence-corrected chi connectivity index (χ0v) is 22.6. The van der Waals surface area contributed by atoms with Crippen molar-refractivity contribution in [1.29, 1.82) is 0 Å². The van der Waals surface area contributed by atoms with Gasteiger partial charge >= 0.3 is 24.1 Å². The van der Waals surface area contributed by atoms with Gasteiger partial charge in [0.15, 0.2) is 11.5 Å². The Morgan fingerprint density at radius 2 is 1.36 bits per heavy atom. The lowest BCUT2D eigenvalue weighted by Crippen LogP contribution is -2.52. The van der Waals surface area contributed by atoms with E-state index < -0.39 is 52.6 Å². The largest absolute Gasteiger partial charge is 0.508 e. The Kier molecular flexibility index (Phi) is 10.1. The van der Waals surface area contributed by atoms with Gasteiger partial charge in [0, 0.05) is 12.8 Å². The molecule has 0 radical (unpaired) electrons. The van der Waals surface area contributed by atoms with Gasteiger partial charge in [-0.1, -0.05) is 6.07 Å². The van der Waals surface area contributed by atoms with Crippen molar-refractivity contribution in [2.45, 2.75) is 92.9 Å². The smallest absolute Gasteiger partial charge is 0.480 e. The summed E-state index contributed by atoms with van der Waals surface area (Å²) in [7, 11) is 0. The van der Waals surface area contributed by atoms with E-state index in [-0.39, 0.29) is 24.3 Å². The summed E-state index contributed by atoms with van der Waals surface area (Å²) >= 11 is 0. The maximum atomic E-state index is 12.6. The van der Waals surface area contributed by atoms with Crippen LogP contribution in [0.1, 0.15) is 74.3 Å². The maximum Gasteiger partial charge on any atom is 0.508 e. The van der Waals surface area contributed by atoms with Crippen molar-refractivity contribution in [3.8, 4) is 11.5 Å². The summed E-state index contributed by atoms with van der Waals surface area (Å²) in [6.07, 6.45) is -2.59. The lowest BCUT2D eigenvalue weighted by atomic mass is 9.86. The molecule has 0 aliphatic carbocycles. The summed E-state index contributed by atoms with van der Waals surface area (Å²) in [5, 5.41) is 9.86. The molecular weight excluding hydrogens is 470 g/mol. The number of esters is 2. The monoisotopic (exact) mass is 509 g/mol. The van der Waals surface area contributed by atoms with E-state index in [0.717, 1.165) is 0 Å². The van der Waals surface area contributed by atoms with Crippen molar-refractivity contribution < 1.29 is 43.2 Å². The molecular formula is C26H39NO9. The molecule has 10 heteroatoms. The van der Waals surface area contributed by atoms with E-state index in [0.29, 0.717) is 5.56 Å². The van der Waals surface area contributed by atoms with Crippen LogP contribution in [0.25, 0.3) is 0 Å². The minimum absolute atomic E-state index is 0.0161. The van der Waals surface area contributed by atoms with Crippen molar-refractivity contribution in [3.05, 3.63) is 23.8 Å². The van der Waals surface area contributed by atoms with Crippen LogP contribution in [-0.4, -0.2) is 46.9 Å². The molecule has 1 aromatic rings. The van der Waals surface area contributed by atoms with Crippen LogP contribution >= 0.6 is 0 Å². The molecule has 0 saturated heterocycles. The molecule has 36 heavy (non-hydrogen) atoms. The minimum Gasteiger partial charge on any atom is -0.480 e. The van der Waals surface area contributed by atoms with Gasteiger partial charge < -0.3 is 29.8 Å². The number of rotatable bonds is 9. The number of hydrogen-bond donors (Lipinski definition) is 2. The van der Waals surface area contributed by atoms with E-state index in [9.17, 15) is 24.3 Å². The highest BCUT2D eigenvalue weighted by molar-refractivity contribution is 5.82. The first kappa shape index (κ1) is 30.9. The molecule has 1 unspecified atom stereocenters. The van der Waals surface area contributed by atoms with Gasteiger partial charge in [0.2, 0.25) is 0 Å². The van der Waals surface area contributed by atoms with Gasteiger partial charge in [0.25, 0.3) is 0 Å². The van der Waals surface area contributed by atoms with Crippen LogP contribution in [0.4, 0.5) is 4.79 Å². The van der Waals surface area contributed by atoms with Crippen molar-refractivity contribution in [2.24, 2.45) is 16.6 Å². The third-order valence-electron chi connectivity index (χ3n) is 4.86. The number of benzene rings is 1. The van der Waals surface area contributed by atoms with Crippen molar-refractivity contribution >= 4 is 24.1 Å². The Bertz CT molecular complexity index is 973. The van der Waals surface area contributed by atoms with Gasteiger partial charge in [-0.2, -0.15) is 0 Å². The van der Waals surface area contributed by atoms with E-state index >= 15 is 0 Å². The fourth-order valence-corrected chi connectivity index (χ4v) is 2.87. The molecule has 3 N–H and O–H groups in total. The number of aliphatic carboxylic acids is 1. The lowest BCUT2D eigenvalue weighted by molar-refractivity contribution is -0.145. The van der Waals surface area contributed by atoms with E-state index in [4.69, 9.17) is 24.7 Å². The molecule has 0 amide bonds. The van der Waals surface area contributed by atoms with Crippen LogP contribution in [0, 0.1) is 10.8 Å². The molecule has 0 aliphatic heterocycles. The van der Waals surface area contributed by atoms with Crippen LogP contribution in [0.3, 0.4) is 0 Å². The number of carbonyl (C=O) groups is 4. The maximum absolute atomic E-state index is 12.6. The highest BCUT2D eigenvalue weighted by Crippen LogP contribution is 2.34. The van der Waals surface area contributed by atoms with Crippen molar-refractivity contribution in [1.82, 2.24) is 0 Å². The van der Waals surface area contributed by atoms with E-state index in [1.54, 1.807) is 55.4 Å². The quantitative estimate of drug-likeness (QED) is 0.365. The van der Waals surface area contributed by atoms with Crippen molar-refractivity contribution in [3.63, 3.8) is 0 Å². The van der Waals surface area contributed by atoms with E-state index in [1.165, 1.54) is 25.1 Å². The minimum atomic E-state index is -1.83. The van der Waals surface area contributed by atoms with Crippen LogP contribution in [0.5, 0.6) is 11.5 Å². The molecule has 2 atom stereocenters. The molecule has 0 saturated carbocycles. The number of carboxylic acid groups (broad SMARTS) is 1. The average Bonchev–Trinajstić information content (AvgIpc) is 2.67. The standard InChI is InChI=1S/C26H39NO9/c1-15(2)33-23(32)34-16(3)13-26(27,20(28)29)14-17-10-11-18(35-21(30)24(4,5)6)19(12-17)36-22(31)25(7,8)9/h10-12,15-16H,13-14,27H2,1-9H3,(H,28,29)/t16-,26?/m0/s1. The molecule has 1 rings (SSSR count). The molecule has 0 heterocycles. The average molecular weight is 510 g/mol. The third kappa shape index (κ3) is 9.49. The second-order valence-corrected chi connectivity index (χ2v) is 11.2. The molecule has 1 aromatic carbocycles. The number of ether oxygens (including phenoxy) is 4. The van der Waals surface area contributed by atoms with E-state index in [1.807, 2.05) is 0 Å². The van der Waals surface area contributed by atoms with Crippen LogP contribution < -0.4 is 15.2 Å². The molecule has 0 aliphatic rings. The van der Waals surface area contributed by atoms with Gasteiger partial charge in [-0.05, 0) is 80.0 Å². The summed E-state index contributed by atoms with van der Waals surface area (Å²) < 4.78 is 21.0. The van der Waals surface area contributed by atoms with Crippen LogP contribution in [0.2, 0.25) is 0 Å². The fraction of sp³-hybridized carbons (Fsp3) is 0.615. The van der Waals surface area contributed by atoms with Crippen LogP contribution in [0.15, 0.2) is 18.2 Å². The predicted octanol–water partition coefficient (Wildman–Crippen LogP) is 4.25.